The lowest BCUT2D eigenvalue weighted by molar-refractivity contribution is 0.0764. The topological polar surface area (TPSA) is 93.0 Å². The summed E-state index contributed by atoms with van der Waals surface area (Å²) in [5.41, 5.74) is 0.886. The predicted octanol–water partition coefficient (Wildman–Crippen LogP) is 2.39. The largest absolute Gasteiger partial charge is 0.490 e. The first-order chi connectivity index (χ1) is 13.8. The Morgan fingerprint density at radius 3 is 2.55 bits per heavy atom. The standard InChI is InChI=1S/C20H25N3O5S/c1-4-14-27-18-8-6-17(7-9-18)20(24)22-10-5-11-23(13-12-22)29(25,26)19-15(2)21-28-16(19)3/h4,6-9H,1,5,10-14H2,2-3H3. The molecule has 0 saturated carbocycles. The van der Waals surface area contributed by atoms with Gasteiger partial charge >= 0.3 is 0 Å². The fourth-order valence-electron chi connectivity index (χ4n) is 3.34. The van der Waals surface area contributed by atoms with Crippen LogP contribution < -0.4 is 4.74 Å². The minimum absolute atomic E-state index is 0.118. The number of aromatic nitrogens is 1. The van der Waals surface area contributed by atoms with Gasteiger partial charge in [0.25, 0.3) is 5.91 Å². The van der Waals surface area contributed by atoms with Crippen LogP contribution in [0.2, 0.25) is 0 Å². The highest BCUT2D eigenvalue weighted by atomic mass is 32.2. The molecule has 3 rings (SSSR count). The van der Waals surface area contributed by atoms with E-state index in [0.717, 1.165) is 0 Å². The van der Waals surface area contributed by atoms with Crippen LogP contribution in [0.4, 0.5) is 0 Å². The van der Waals surface area contributed by atoms with E-state index in [4.69, 9.17) is 9.26 Å². The Balaban J connectivity index is 1.69. The smallest absolute Gasteiger partial charge is 0.253 e. The van der Waals surface area contributed by atoms with Crippen LogP contribution in [0.25, 0.3) is 0 Å². The predicted molar refractivity (Wildman–Crippen MR) is 107 cm³/mol. The number of benzene rings is 1. The van der Waals surface area contributed by atoms with Crippen LogP contribution in [-0.4, -0.2) is 61.5 Å². The zero-order chi connectivity index (χ0) is 21.0. The lowest BCUT2D eigenvalue weighted by Crippen LogP contribution is -2.37. The third kappa shape index (κ3) is 4.51. The Kier molecular flexibility index (Phi) is 6.39. The molecule has 0 N–H and O–H groups in total. The van der Waals surface area contributed by atoms with Crippen molar-refractivity contribution in [1.29, 1.82) is 0 Å². The second-order valence-corrected chi connectivity index (χ2v) is 8.70. The van der Waals surface area contributed by atoms with Crippen molar-refractivity contribution in [2.45, 2.75) is 25.2 Å². The van der Waals surface area contributed by atoms with Gasteiger partial charge in [0.1, 0.15) is 22.9 Å². The molecule has 1 aromatic heterocycles. The highest BCUT2D eigenvalue weighted by Gasteiger charge is 2.33. The lowest BCUT2D eigenvalue weighted by atomic mass is 10.2. The van der Waals surface area contributed by atoms with Crippen molar-refractivity contribution in [2.75, 3.05) is 32.8 Å². The van der Waals surface area contributed by atoms with Gasteiger partial charge in [0.2, 0.25) is 10.0 Å². The molecule has 2 aromatic rings. The van der Waals surface area contributed by atoms with E-state index in [9.17, 15) is 13.2 Å². The van der Waals surface area contributed by atoms with Gasteiger partial charge in [0.05, 0.1) is 0 Å². The van der Waals surface area contributed by atoms with Gasteiger partial charge in [0.15, 0.2) is 5.76 Å². The molecule has 0 atom stereocenters. The van der Waals surface area contributed by atoms with Crippen molar-refractivity contribution in [3.63, 3.8) is 0 Å². The molecule has 1 amide bonds. The van der Waals surface area contributed by atoms with Crippen LogP contribution in [-0.2, 0) is 10.0 Å². The van der Waals surface area contributed by atoms with Gasteiger partial charge in [-0.15, -0.1) is 0 Å². The summed E-state index contributed by atoms with van der Waals surface area (Å²) >= 11 is 0. The van der Waals surface area contributed by atoms with E-state index in [1.807, 2.05) is 0 Å². The molecular formula is C20H25N3O5S. The van der Waals surface area contributed by atoms with Gasteiger partial charge in [-0.05, 0) is 44.5 Å². The summed E-state index contributed by atoms with van der Waals surface area (Å²) in [4.78, 5) is 14.6. The van der Waals surface area contributed by atoms with E-state index in [2.05, 4.69) is 11.7 Å². The molecule has 2 heterocycles. The van der Waals surface area contributed by atoms with E-state index >= 15 is 0 Å². The molecule has 0 aliphatic carbocycles. The maximum absolute atomic E-state index is 13.0. The van der Waals surface area contributed by atoms with Crippen molar-refractivity contribution in [3.05, 3.63) is 53.9 Å². The van der Waals surface area contributed by atoms with Gasteiger partial charge in [0, 0.05) is 31.7 Å². The van der Waals surface area contributed by atoms with Crippen LogP contribution in [0.5, 0.6) is 5.75 Å². The molecule has 1 aromatic carbocycles. The van der Waals surface area contributed by atoms with Crippen LogP contribution in [0.3, 0.4) is 0 Å². The van der Waals surface area contributed by atoms with E-state index in [-0.39, 0.29) is 23.1 Å². The summed E-state index contributed by atoms with van der Waals surface area (Å²) < 4.78 is 37.9. The maximum atomic E-state index is 13.0. The Morgan fingerprint density at radius 1 is 1.21 bits per heavy atom. The average molecular weight is 420 g/mol. The van der Waals surface area contributed by atoms with Crippen LogP contribution in [0.15, 0.2) is 46.3 Å². The Hall–Kier alpha value is -2.65. The zero-order valence-electron chi connectivity index (χ0n) is 16.6. The third-order valence-corrected chi connectivity index (χ3v) is 6.92. The third-order valence-electron chi connectivity index (χ3n) is 4.78. The van der Waals surface area contributed by atoms with Gasteiger partial charge in [-0.25, -0.2) is 8.42 Å². The summed E-state index contributed by atoms with van der Waals surface area (Å²) in [5.74, 6) is 0.810. The van der Waals surface area contributed by atoms with Crippen molar-refractivity contribution in [2.24, 2.45) is 0 Å². The molecule has 8 nitrogen and oxygen atoms in total. The number of amides is 1. The highest BCUT2D eigenvalue weighted by Crippen LogP contribution is 2.24. The molecule has 1 saturated heterocycles. The number of ether oxygens (including phenoxy) is 1. The number of carbonyl (C=O) groups is 1. The Bertz CT molecular complexity index is 963. The van der Waals surface area contributed by atoms with Gasteiger partial charge in [-0.1, -0.05) is 17.8 Å². The molecule has 0 bridgehead atoms. The van der Waals surface area contributed by atoms with E-state index in [0.29, 0.717) is 49.7 Å². The monoisotopic (exact) mass is 419 g/mol. The number of sulfonamides is 1. The molecular weight excluding hydrogens is 394 g/mol. The average Bonchev–Trinajstić information content (AvgIpc) is 2.91. The number of carbonyl (C=O) groups excluding carboxylic acids is 1. The molecule has 9 heteroatoms. The molecule has 0 radical (unpaired) electrons. The summed E-state index contributed by atoms with van der Waals surface area (Å²) in [7, 11) is -3.72. The molecule has 0 unspecified atom stereocenters. The molecule has 156 valence electrons. The molecule has 1 fully saturated rings. The van der Waals surface area contributed by atoms with Crippen LogP contribution >= 0.6 is 0 Å². The van der Waals surface area contributed by atoms with Crippen LogP contribution in [0.1, 0.15) is 28.2 Å². The van der Waals surface area contributed by atoms with Crippen LogP contribution in [0, 0.1) is 13.8 Å². The quantitative estimate of drug-likeness (QED) is 0.668. The summed E-state index contributed by atoms with van der Waals surface area (Å²) in [6.07, 6.45) is 2.20. The molecule has 29 heavy (non-hydrogen) atoms. The Labute approximate surface area is 170 Å². The van der Waals surface area contributed by atoms with Gasteiger partial charge < -0.3 is 14.2 Å². The van der Waals surface area contributed by atoms with E-state index in [1.54, 1.807) is 49.1 Å². The number of hydrogen-bond acceptors (Lipinski definition) is 6. The minimum atomic E-state index is -3.72. The number of hydrogen-bond donors (Lipinski definition) is 0. The number of aryl methyl sites for hydroxylation is 2. The highest BCUT2D eigenvalue weighted by molar-refractivity contribution is 7.89. The second kappa shape index (κ2) is 8.79. The SMILES string of the molecule is C=CCOc1ccc(C(=O)N2CCCN(S(=O)(=O)c3c(C)noc3C)CC2)cc1. The second-order valence-electron chi connectivity index (χ2n) is 6.83. The molecule has 1 aliphatic heterocycles. The molecule has 1 aliphatic rings. The normalized spacial score (nSPS) is 15.7. The lowest BCUT2D eigenvalue weighted by Gasteiger charge is -2.22. The van der Waals surface area contributed by atoms with Gasteiger partial charge in [-0.2, -0.15) is 4.31 Å². The minimum Gasteiger partial charge on any atom is -0.490 e. The Morgan fingerprint density at radius 2 is 1.93 bits per heavy atom. The number of rotatable bonds is 6. The van der Waals surface area contributed by atoms with E-state index in [1.165, 1.54) is 4.31 Å². The first-order valence-corrected chi connectivity index (χ1v) is 10.8. The first kappa shape index (κ1) is 21.1. The summed E-state index contributed by atoms with van der Waals surface area (Å²) in [6, 6.07) is 6.90. The van der Waals surface area contributed by atoms with Crippen molar-refractivity contribution in [3.8, 4) is 5.75 Å². The fourth-order valence-corrected chi connectivity index (χ4v) is 5.10. The first-order valence-electron chi connectivity index (χ1n) is 9.40. The summed E-state index contributed by atoms with van der Waals surface area (Å²) in [5, 5.41) is 3.75. The molecule has 0 spiro atoms. The van der Waals surface area contributed by atoms with Crippen molar-refractivity contribution in [1.82, 2.24) is 14.4 Å². The number of nitrogens with zero attached hydrogens (tertiary/aromatic N) is 3. The zero-order valence-corrected chi connectivity index (χ0v) is 17.4. The maximum Gasteiger partial charge on any atom is 0.253 e. The van der Waals surface area contributed by atoms with Gasteiger partial charge in [-0.3, -0.25) is 4.79 Å². The van der Waals surface area contributed by atoms with E-state index < -0.39 is 10.0 Å². The fraction of sp³-hybridized carbons (Fsp3) is 0.400. The van der Waals surface area contributed by atoms with Crippen molar-refractivity contribution >= 4 is 15.9 Å². The van der Waals surface area contributed by atoms with Crippen molar-refractivity contribution < 1.29 is 22.5 Å². The summed E-state index contributed by atoms with van der Waals surface area (Å²) in [6.45, 7) is 8.56.